The fraction of sp³-hybridized carbons (Fsp3) is 0.0667. The smallest absolute Gasteiger partial charge is 0.266 e. The summed E-state index contributed by atoms with van der Waals surface area (Å²) in [6.07, 6.45) is 1.49. The Kier molecular flexibility index (Phi) is 4.15. The first-order chi connectivity index (χ1) is 11.1. The maximum Gasteiger partial charge on any atom is 0.291 e. The minimum Gasteiger partial charge on any atom is -0.266 e. The predicted molar refractivity (Wildman–Crippen MR) is 85.3 cm³/mol. The van der Waals surface area contributed by atoms with Crippen molar-refractivity contribution in [1.82, 2.24) is 25.8 Å². The lowest BCUT2D eigenvalue weighted by Crippen LogP contribution is -2.41. The number of benzene rings is 1. The molecule has 2 N–H and O–H groups in total. The van der Waals surface area contributed by atoms with Crippen molar-refractivity contribution in [3.63, 3.8) is 0 Å². The molecule has 2 amide bonds. The lowest BCUT2D eigenvalue weighted by atomic mass is 10.3. The van der Waals surface area contributed by atoms with Gasteiger partial charge in [0.25, 0.3) is 11.8 Å². The van der Waals surface area contributed by atoms with E-state index < -0.39 is 5.91 Å². The first-order valence-corrected chi connectivity index (χ1v) is 7.60. The van der Waals surface area contributed by atoms with Gasteiger partial charge in [-0.15, -0.1) is 16.4 Å². The number of hydrazine groups is 1. The zero-order valence-electron chi connectivity index (χ0n) is 12.2. The number of thiophene rings is 1. The molecule has 2 aromatic heterocycles. The Hall–Kier alpha value is -3.00. The van der Waals surface area contributed by atoms with Gasteiger partial charge in [-0.05, 0) is 31.2 Å². The number of aryl methyl sites for hydroxylation is 1. The third kappa shape index (κ3) is 3.43. The van der Waals surface area contributed by atoms with E-state index in [2.05, 4.69) is 21.2 Å². The number of aromatic nitrogens is 3. The first-order valence-electron chi connectivity index (χ1n) is 6.78. The maximum absolute atomic E-state index is 12.0. The summed E-state index contributed by atoms with van der Waals surface area (Å²) in [5, 5.41) is 7.69. The third-order valence-corrected chi connectivity index (χ3v) is 4.00. The number of carbonyl (C=O) groups excluding carboxylic acids is 2. The Balaban J connectivity index is 1.63. The number of nitrogens with zero attached hydrogens (tertiary/aromatic N) is 3. The number of hydrogen-bond donors (Lipinski definition) is 2. The number of nitrogens with one attached hydrogen (secondary N) is 2. The van der Waals surface area contributed by atoms with Crippen LogP contribution in [0.5, 0.6) is 0 Å². The van der Waals surface area contributed by atoms with E-state index in [1.165, 1.54) is 22.2 Å². The summed E-state index contributed by atoms with van der Waals surface area (Å²) in [5.74, 6) is -0.902. The Morgan fingerprint density at radius 1 is 1.04 bits per heavy atom. The van der Waals surface area contributed by atoms with E-state index in [4.69, 9.17) is 0 Å². The molecular weight excluding hydrogens is 314 g/mol. The second-order valence-corrected chi connectivity index (χ2v) is 5.99. The molecule has 0 bridgehead atoms. The van der Waals surface area contributed by atoms with Gasteiger partial charge < -0.3 is 0 Å². The lowest BCUT2D eigenvalue weighted by molar-refractivity contribution is 0.0846. The molecule has 0 radical (unpaired) electrons. The molecule has 3 aromatic rings. The van der Waals surface area contributed by atoms with E-state index in [9.17, 15) is 9.59 Å². The van der Waals surface area contributed by atoms with Crippen molar-refractivity contribution in [3.8, 4) is 5.69 Å². The molecule has 0 fully saturated rings. The van der Waals surface area contributed by atoms with Gasteiger partial charge in [-0.2, -0.15) is 0 Å². The lowest BCUT2D eigenvalue weighted by Gasteiger charge is -2.03. The van der Waals surface area contributed by atoms with Crippen LogP contribution < -0.4 is 10.9 Å². The monoisotopic (exact) mass is 327 g/mol. The highest BCUT2D eigenvalue weighted by Crippen LogP contribution is 2.14. The Morgan fingerprint density at radius 2 is 1.78 bits per heavy atom. The van der Waals surface area contributed by atoms with Crippen molar-refractivity contribution in [2.45, 2.75) is 6.92 Å². The fourth-order valence-electron chi connectivity index (χ4n) is 1.87. The van der Waals surface area contributed by atoms with Gasteiger partial charge in [0.1, 0.15) is 0 Å². The molecule has 0 unspecified atom stereocenters. The average molecular weight is 327 g/mol. The normalized spacial score (nSPS) is 10.3. The highest BCUT2D eigenvalue weighted by atomic mass is 32.1. The van der Waals surface area contributed by atoms with E-state index in [1.807, 2.05) is 43.3 Å². The molecule has 0 spiro atoms. The highest BCUT2D eigenvalue weighted by molar-refractivity contribution is 7.13. The largest absolute Gasteiger partial charge is 0.291 e. The summed E-state index contributed by atoms with van der Waals surface area (Å²) in [4.78, 5) is 25.4. The number of para-hydroxylation sites is 1. The quantitative estimate of drug-likeness (QED) is 0.717. The molecule has 3 rings (SSSR count). The van der Waals surface area contributed by atoms with Gasteiger partial charge in [0.15, 0.2) is 5.69 Å². The van der Waals surface area contributed by atoms with Crippen LogP contribution in [0.2, 0.25) is 0 Å². The van der Waals surface area contributed by atoms with Crippen LogP contribution in [-0.2, 0) is 0 Å². The van der Waals surface area contributed by atoms with E-state index in [-0.39, 0.29) is 11.6 Å². The van der Waals surface area contributed by atoms with E-state index in [0.717, 1.165) is 10.6 Å². The minimum atomic E-state index is -0.534. The van der Waals surface area contributed by atoms with Gasteiger partial charge in [0.2, 0.25) is 0 Å². The van der Waals surface area contributed by atoms with E-state index >= 15 is 0 Å². The number of hydrogen-bond acceptors (Lipinski definition) is 5. The van der Waals surface area contributed by atoms with Crippen LogP contribution in [0.3, 0.4) is 0 Å². The summed E-state index contributed by atoms with van der Waals surface area (Å²) in [7, 11) is 0. The summed E-state index contributed by atoms with van der Waals surface area (Å²) in [5.41, 5.74) is 5.57. The molecule has 0 saturated carbocycles. The molecule has 2 heterocycles. The summed E-state index contributed by atoms with van der Waals surface area (Å²) < 4.78 is 1.49. The Bertz CT molecular complexity index is 840. The topological polar surface area (TPSA) is 88.9 Å². The summed E-state index contributed by atoms with van der Waals surface area (Å²) >= 11 is 1.35. The minimum absolute atomic E-state index is 0.108. The van der Waals surface area contributed by atoms with E-state index in [1.54, 1.807) is 6.07 Å². The second kappa shape index (κ2) is 6.41. The van der Waals surface area contributed by atoms with Crippen LogP contribution in [0.4, 0.5) is 0 Å². The molecular formula is C15H13N5O2S. The van der Waals surface area contributed by atoms with Gasteiger partial charge in [0.05, 0.1) is 16.8 Å². The van der Waals surface area contributed by atoms with Crippen LogP contribution in [-0.4, -0.2) is 26.8 Å². The average Bonchev–Trinajstić information content (AvgIpc) is 3.22. The Labute approximate surface area is 135 Å². The van der Waals surface area contributed by atoms with Gasteiger partial charge >= 0.3 is 0 Å². The van der Waals surface area contributed by atoms with Gasteiger partial charge in [0, 0.05) is 4.88 Å². The molecule has 7 nitrogen and oxygen atoms in total. The van der Waals surface area contributed by atoms with Gasteiger partial charge in [-0.1, -0.05) is 23.4 Å². The van der Waals surface area contributed by atoms with Crippen molar-refractivity contribution in [1.29, 1.82) is 0 Å². The number of carbonyl (C=O) groups is 2. The molecule has 0 aliphatic carbocycles. The molecule has 0 saturated heterocycles. The van der Waals surface area contributed by atoms with Crippen LogP contribution >= 0.6 is 11.3 Å². The van der Waals surface area contributed by atoms with Crippen molar-refractivity contribution in [2.75, 3.05) is 0 Å². The van der Waals surface area contributed by atoms with Crippen molar-refractivity contribution < 1.29 is 9.59 Å². The van der Waals surface area contributed by atoms with Gasteiger partial charge in [-0.25, -0.2) is 4.68 Å². The highest BCUT2D eigenvalue weighted by Gasteiger charge is 2.14. The summed E-state index contributed by atoms with van der Waals surface area (Å²) in [6, 6.07) is 12.8. The van der Waals surface area contributed by atoms with Crippen molar-refractivity contribution >= 4 is 23.2 Å². The SMILES string of the molecule is Cc1ccc(C(=O)NNC(=O)c2cn(-c3ccccc3)nn2)s1. The predicted octanol–water partition coefficient (Wildman–Crippen LogP) is 1.71. The molecule has 8 heteroatoms. The van der Waals surface area contributed by atoms with Crippen LogP contribution in [0, 0.1) is 6.92 Å². The molecule has 0 aliphatic heterocycles. The fourth-order valence-corrected chi connectivity index (χ4v) is 2.63. The zero-order valence-corrected chi connectivity index (χ0v) is 13.0. The van der Waals surface area contributed by atoms with Crippen molar-refractivity contribution in [2.24, 2.45) is 0 Å². The number of rotatable bonds is 3. The van der Waals surface area contributed by atoms with Crippen molar-refractivity contribution in [3.05, 3.63) is 64.1 Å². The van der Waals surface area contributed by atoms with Crippen LogP contribution in [0.15, 0.2) is 48.7 Å². The third-order valence-electron chi connectivity index (χ3n) is 3.00. The maximum atomic E-state index is 12.0. The summed E-state index contributed by atoms with van der Waals surface area (Å²) in [6.45, 7) is 1.90. The zero-order chi connectivity index (χ0) is 16.2. The molecule has 23 heavy (non-hydrogen) atoms. The molecule has 116 valence electrons. The second-order valence-electron chi connectivity index (χ2n) is 4.70. The molecule has 1 aromatic carbocycles. The molecule has 0 atom stereocenters. The standard InChI is InChI=1S/C15H13N5O2S/c1-10-7-8-13(23-10)15(22)18-17-14(21)12-9-20(19-16-12)11-5-3-2-4-6-11/h2-9H,1H3,(H,17,21)(H,18,22). The van der Waals surface area contributed by atoms with E-state index in [0.29, 0.717) is 4.88 Å². The molecule has 0 aliphatic rings. The van der Waals surface area contributed by atoms with Crippen LogP contribution in [0.25, 0.3) is 5.69 Å². The van der Waals surface area contributed by atoms with Crippen LogP contribution in [0.1, 0.15) is 25.0 Å². The Morgan fingerprint density at radius 3 is 2.48 bits per heavy atom. The number of amides is 2. The first kappa shape index (κ1) is 14.9. The van der Waals surface area contributed by atoms with Gasteiger partial charge in [-0.3, -0.25) is 20.4 Å².